The van der Waals surface area contributed by atoms with E-state index in [1.165, 1.54) is 42.8 Å². The molecule has 0 aliphatic carbocycles. The van der Waals surface area contributed by atoms with Crippen LogP contribution < -0.4 is 39.0 Å². The second-order valence-corrected chi connectivity index (χ2v) is 17.3. The van der Waals surface area contributed by atoms with Gasteiger partial charge in [0.05, 0.1) is 32.4 Å². The summed E-state index contributed by atoms with van der Waals surface area (Å²) in [7, 11) is 3.20. The van der Waals surface area contributed by atoms with Gasteiger partial charge in [-0.3, -0.25) is 5.01 Å². The summed E-state index contributed by atoms with van der Waals surface area (Å²) in [6, 6.07) is 20.3. The Morgan fingerprint density at radius 3 is 2.33 bits per heavy atom. The molecule has 0 fully saturated rings. The number of aromatic nitrogens is 4. The largest absolute Gasteiger partial charge is 1.00 e. The van der Waals surface area contributed by atoms with Gasteiger partial charge < -0.3 is 24.8 Å². The summed E-state index contributed by atoms with van der Waals surface area (Å²) < 4.78 is 9.39. The lowest BCUT2D eigenvalue weighted by molar-refractivity contribution is -0.696. The van der Waals surface area contributed by atoms with Crippen molar-refractivity contribution in [1.29, 1.82) is 0 Å². The average molecular weight is 602 g/mol. The van der Waals surface area contributed by atoms with Gasteiger partial charge in [-0.15, -0.1) is 0 Å². The first-order valence-corrected chi connectivity index (χ1v) is 17.9. The Labute approximate surface area is 254 Å². The Morgan fingerprint density at radius 1 is 0.875 bits per heavy atom. The number of hydrogen-bond donors (Lipinski definition) is 0. The lowest BCUT2D eigenvalue weighted by atomic mass is 10.2. The summed E-state index contributed by atoms with van der Waals surface area (Å²) >= 11 is 0. The number of para-hydroxylation sites is 3. The number of imidazole rings is 2. The minimum absolute atomic E-state index is 0. The van der Waals surface area contributed by atoms with Gasteiger partial charge in [-0.1, -0.05) is 56.0 Å². The first kappa shape index (κ1) is 33.6. The number of anilines is 1. The summed E-state index contributed by atoms with van der Waals surface area (Å²) in [6.45, 7) is 10.6. The fourth-order valence-corrected chi connectivity index (χ4v) is 6.28. The summed E-state index contributed by atoms with van der Waals surface area (Å²) in [6.07, 6.45) is 14.9. The van der Waals surface area contributed by atoms with E-state index in [0.29, 0.717) is 0 Å². The van der Waals surface area contributed by atoms with Gasteiger partial charge in [0.25, 0.3) is 0 Å². The van der Waals surface area contributed by atoms with Gasteiger partial charge in [-0.2, -0.15) is 5.10 Å². The minimum atomic E-state index is -0.937. The van der Waals surface area contributed by atoms with Crippen LogP contribution in [0.15, 0.2) is 78.4 Å². The van der Waals surface area contributed by atoms with Gasteiger partial charge in [0.15, 0.2) is 11.0 Å². The fourth-order valence-electron chi connectivity index (χ4n) is 5.06. The Balaban J connectivity index is 0.00000280. The topological polar surface area (TPSA) is 33.2 Å². The van der Waals surface area contributed by atoms with Crippen molar-refractivity contribution in [3.05, 3.63) is 79.1 Å². The molecule has 0 atom stereocenters. The molecule has 0 bridgehead atoms. The summed E-state index contributed by atoms with van der Waals surface area (Å²) in [5, 5.41) is 6.70. The predicted octanol–water partition coefficient (Wildman–Crippen LogP) is 0.0220. The molecule has 0 amide bonds. The molecule has 0 aliphatic heterocycles. The molecule has 40 heavy (non-hydrogen) atoms. The molecule has 0 saturated heterocycles. The molecular weight excluding hydrogens is 555 g/mol. The van der Waals surface area contributed by atoms with Crippen LogP contribution in [0.1, 0.15) is 37.9 Å². The van der Waals surface area contributed by atoms with Crippen LogP contribution in [0, 0.1) is 0 Å². The van der Waals surface area contributed by atoms with E-state index >= 15 is 0 Å². The molecule has 9 heteroatoms. The Hall–Kier alpha value is -2.61. The number of aryl methyl sites for hydroxylation is 4. The van der Waals surface area contributed by atoms with Crippen molar-refractivity contribution in [3.63, 3.8) is 0 Å². The molecule has 2 heterocycles. The predicted molar refractivity (Wildman–Crippen MR) is 161 cm³/mol. The highest BCUT2D eigenvalue weighted by atomic mass is 35.5. The summed E-state index contributed by atoms with van der Waals surface area (Å²) in [4.78, 5) is 0. The highest BCUT2D eigenvalue weighted by Crippen LogP contribution is 2.15. The Morgan fingerprint density at radius 2 is 1.57 bits per heavy atom. The maximum Gasteiger partial charge on any atom is 0.302 e. The van der Waals surface area contributed by atoms with Crippen LogP contribution >= 0.6 is 0 Å². The molecule has 0 aliphatic rings. The van der Waals surface area contributed by atoms with E-state index in [9.17, 15) is 0 Å². The van der Waals surface area contributed by atoms with Crippen LogP contribution in [0.2, 0.25) is 25.7 Å². The number of hydrazone groups is 1. The van der Waals surface area contributed by atoms with Crippen LogP contribution in [0.4, 0.5) is 5.69 Å². The molecule has 0 unspecified atom stereocenters. The van der Waals surface area contributed by atoms with Crippen molar-refractivity contribution in [1.82, 2.24) is 9.13 Å². The third kappa shape index (κ3) is 9.49. The molecule has 4 aromatic rings. The number of rotatable bonds is 14. The molecule has 2 aromatic carbocycles. The molecule has 0 N–H and O–H groups in total. The molecular formula is C31H46Cl2N6Si. The standard InChI is InChI=1S/C31H46N6Si.2ClH/c1-33-29-18-11-12-19-30(29)37(31(33)26-32-34(2)28-16-9-8-10-17-28)22-14-7-6-13-20-35-23-24-36(27-35)21-15-25-38(3,4)5;;/h8-12,16-19,23-24,26-27H,6-7,13-15,20-22,25H2,1-5H3;2*1H/q+2;;/p-2. The van der Waals surface area contributed by atoms with E-state index in [0.717, 1.165) is 37.6 Å². The fraction of sp³-hybridized carbons (Fsp3) is 0.452. The number of hydrogen-bond acceptors (Lipinski definition) is 2. The van der Waals surface area contributed by atoms with E-state index in [1.54, 1.807) is 0 Å². The van der Waals surface area contributed by atoms with Gasteiger partial charge in [-0.05, 0) is 56.4 Å². The molecule has 2 aromatic heterocycles. The smallest absolute Gasteiger partial charge is 0.302 e. The monoisotopic (exact) mass is 600 g/mol. The van der Waals surface area contributed by atoms with Crippen molar-refractivity contribution in [2.24, 2.45) is 12.1 Å². The molecule has 6 nitrogen and oxygen atoms in total. The molecule has 0 saturated carbocycles. The van der Waals surface area contributed by atoms with E-state index in [1.807, 2.05) is 36.5 Å². The molecule has 0 spiro atoms. The number of fused-ring (bicyclic) bond motifs is 1. The van der Waals surface area contributed by atoms with Crippen molar-refractivity contribution < 1.29 is 33.9 Å². The maximum absolute atomic E-state index is 4.77. The van der Waals surface area contributed by atoms with E-state index < -0.39 is 8.07 Å². The molecule has 0 radical (unpaired) electrons. The quantitative estimate of drug-likeness (QED) is 0.0660. The zero-order chi connectivity index (χ0) is 27.0. The van der Waals surface area contributed by atoms with E-state index in [-0.39, 0.29) is 24.8 Å². The highest BCUT2D eigenvalue weighted by Gasteiger charge is 2.21. The SMILES string of the molecule is CN(N=Cc1n(C)c2ccccc2[n+]1CCCCCCn1cc[n+](CCC[Si](C)(C)C)c1)c1ccccc1.[Cl-].[Cl-]. The Kier molecular flexibility index (Phi) is 13.4. The number of nitrogens with zero attached hydrogens (tertiary/aromatic N) is 6. The van der Waals surface area contributed by atoms with Crippen LogP contribution in [0.5, 0.6) is 0 Å². The van der Waals surface area contributed by atoms with E-state index in [2.05, 4.69) is 100 Å². The summed E-state index contributed by atoms with van der Waals surface area (Å²) in [5.41, 5.74) is 3.58. The van der Waals surface area contributed by atoms with Crippen LogP contribution in [0.3, 0.4) is 0 Å². The lowest BCUT2D eigenvalue weighted by Gasteiger charge is -2.13. The second kappa shape index (κ2) is 16.0. The zero-order valence-electron chi connectivity index (χ0n) is 24.8. The maximum atomic E-state index is 4.77. The zero-order valence-corrected chi connectivity index (χ0v) is 27.3. The third-order valence-electron chi connectivity index (χ3n) is 7.27. The second-order valence-electron chi connectivity index (χ2n) is 11.6. The summed E-state index contributed by atoms with van der Waals surface area (Å²) in [5.74, 6) is 1.13. The minimum Gasteiger partial charge on any atom is -1.00 e. The van der Waals surface area contributed by atoms with Gasteiger partial charge in [-0.25, -0.2) is 18.3 Å². The van der Waals surface area contributed by atoms with Gasteiger partial charge in [0.2, 0.25) is 6.33 Å². The first-order chi connectivity index (χ1) is 18.3. The van der Waals surface area contributed by atoms with Gasteiger partial charge in [0, 0.05) is 15.1 Å². The van der Waals surface area contributed by atoms with Crippen molar-refractivity contribution in [2.75, 3.05) is 12.1 Å². The third-order valence-corrected chi connectivity index (χ3v) is 9.12. The molecule has 4 rings (SSSR count). The average Bonchev–Trinajstić information content (AvgIpc) is 3.46. The van der Waals surface area contributed by atoms with Crippen molar-refractivity contribution in [3.8, 4) is 0 Å². The van der Waals surface area contributed by atoms with Crippen LogP contribution in [0.25, 0.3) is 11.0 Å². The van der Waals surface area contributed by atoms with Crippen molar-refractivity contribution in [2.45, 2.75) is 77.4 Å². The lowest BCUT2D eigenvalue weighted by Crippen LogP contribution is -3.00. The number of benzene rings is 2. The highest BCUT2D eigenvalue weighted by molar-refractivity contribution is 6.76. The Bertz CT molecular complexity index is 1330. The van der Waals surface area contributed by atoms with Crippen molar-refractivity contribution >= 4 is 31.0 Å². The molecule has 218 valence electrons. The van der Waals surface area contributed by atoms with Gasteiger partial charge >= 0.3 is 5.82 Å². The van der Waals surface area contributed by atoms with Crippen LogP contribution in [-0.4, -0.2) is 30.5 Å². The van der Waals surface area contributed by atoms with Gasteiger partial charge in [0.1, 0.15) is 18.6 Å². The van der Waals surface area contributed by atoms with E-state index in [4.69, 9.17) is 5.10 Å². The number of halogens is 2. The number of unbranched alkanes of at least 4 members (excludes halogenated alkanes) is 3. The normalized spacial score (nSPS) is 11.5. The first-order valence-electron chi connectivity index (χ1n) is 14.2. The van der Waals surface area contributed by atoms with Crippen LogP contribution in [-0.2, 0) is 26.7 Å².